The van der Waals surface area contributed by atoms with Crippen LogP contribution in [0.4, 0.5) is 26.4 Å². The van der Waals surface area contributed by atoms with Gasteiger partial charge in [0.1, 0.15) is 18.1 Å². The normalized spacial score (nSPS) is 22.9. The zero-order valence-electron chi connectivity index (χ0n) is 14.3. The van der Waals surface area contributed by atoms with E-state index in [0.29, 0.717) is 35.8 Å². The number of hydrogen-bond acceptors (Lipinski definition) is 7. The minimum absolute atomic E-state index is 0.108. The number of halogens is 1. The summed E-state index contributed by atoms with van der Waals surface area (Å²) in [6, 6.07) is 2.62. The molecule has 1 N–H and O–H groups in total. The first-order chi connectivity index (χ1) is 13.0. The Kier molecular flexibility index (Phi) is 3.30. The summed E-state index contributed by atoms with van der Waals surface area (Å²) in [4.78, 5) is 26.9. The van der Waals surface area contributed by atoms with Crippen molar-refractivity contribution in [3.05, 3.63) is 29.8 Å². The number of anilines is 3. The number of carbonyl (C=O) groups is 2. The highest BCUT2D eigenvalue weighted by molar-refractivity contribution is 6.01. The van der Waals surface area contributed by atoms with Crippen LogP contribution in [-0.4, -0.2) is 49.5 Å². The molecule has 27 heavy (non-hydrogen) atoms. The molecule has 5 rings (SSSR count). The van der Waals surface area contributed by atoms with E-state index in [-0.39, 0.29) is 24.2 Å². The highest BCUT2D eigenvalue weighted by Crippen LogP contribution is 2.49. The lowest BCUT2D eigenvalue weighted by Crippen LogP contribution is -2.37. The summed E-state index contributed by atoms with van der Waals surface area (Å²) in [6.45, 7) is 0.170. The van der Waals surface area contributed by atoms with Gasteiger partial charge in [0.2, 0.25) is 0 Å². The summed E-state index contributed by atoms with van der Waals surface area (Å²) in [7, 11) is 1.51. The Morgan fingerprint density at radius 1 is 1.41 bits per heavy atom. The van der Waals surface area contributed by atoms with Crippen molar-refractivity contribution in [3.8, 4) is 5.75 Å². The van der Waals surface area contributed by atoms with Crippen molar-refractivity contribution in [1.29, 1.82) is 0 Å². The van der Waals surface area contributed by atoms with Gasteiger partial charge in [-0.1, -0.05) is 5.16 Å². The molecule has 1 aromatic carbocycles. The van der Waals surface area contributed by atoms with E-state index in [4.69, 9.17) is 14.0 Å². The van der Waals surface area contributed by atoms with E-state index in [0.717, 1.165) is 0 Å². The number of fused-ring (bicyclic) bond motifs is 5. The van der Waals surface area contributed by atoms with Crippen LogP contribution in [0.25, 0.3) is 0 Å². The van der Waals surface area contributed by atoms with Crippen molar-refractivity contribution in [2.45, 2.75) is 18.6 Å². The molecular weight excluding hydrogens is 359 g/mol. The number of nitrogens with zero attached hydrogens (tertiary/aromatic N) is 3. The highest BCUT2D eigenvalue weighted by atomic mass is 19.1. The van der Waals surface area contributed by atoms with Gasteiger partial charge in [0.25, 0.3) is 5.91 Å². The number of nitrogens with one attached hydrogen (secondary N) is 1. The molecule has 1 aromatic heterocycles. The molecule has 2 atom stereocenters. The van der Waals surface area contributed by atoms with E-state index in [1.165, 1.54) is 29.2 Å². The molecule has 0 radical (unpaired) electrons. The minimum Gasteiger partial charge on any atom is -0.481 e. The third-order valence-electron chi connectivity index (χ3n) is 5.14. The third-order valence-corrected chi connectivity index (χ3v) is 5.14. The number of likely N-dealkylation sites (N-methyl/N-ethyl adjacent to an activating group) is 1. The summed E-state index contributed by atoms with van der Waals surface area (Å²) in [6.07, 6.45) is 0.885. The second-order valence-corrected chi connectivity index (χ2v) is 6.60. The number of rotatable bonds is 3. The second kappa shape index (κ2) is 5.60. The quantitative estimate of drug-likeness (QED) is 0.870. The summed E-state index contributed by atoms with van der Waals surface area (Å²) in [5.41, 5.74) is 1.24. The minimum atomic E-state index is -0.614. The molecule has 3 aliphatic heterocycles. The summed E-state index contributed by atoms with van der Waals surface area (Å²) in [5.74, 6) is -0.0877. The van der Waals surface area contributed by atoms with Crippen molar-refractivity contribution >= 4 is 29.2 Å². The summed E-state index contributed by atoms with van der Waals surface area (Å²) >= 11 is 0. The van der Waals surface area contributed by atoms with E-state index in [1.54, 1.807) is 6.07 Å². The predicted molar refractivity (Wildman–Crippen MR) is 90.5 cm³/mol. The van der Waals surface area contributed by atoms with Gasteiger partial charge in [-0.25, -0.2) is 9.18 Å². The van der Waals surface area contributed by atoms with Crippen LogP contribution in [0.1, 0.15) is 5.56 Å². The number of hydrogen-bond donors (Lipinski definition) is 1. The van der Waals surface area contributed by atoms with Crippen LogP contribution >= 0.6 is 0 Å². The van der Waals surface area contributed by atoms with Gasteiger partial charge in [0.15, 0.2) is 24.0 Å². The van der Waals surface area contributed by atoms with Crippen LogP contribution in [0.15, 0.2) is 22.9 Å². The van der Waals surface area contributed by atoms with E-state index in [1.807, 2.05) is 0 Å². The SMILES string of the molecule is CN1C(=O)COc2c3c(cc(F)c21)N1C(=O)OC(CNc2ccon2)[C@@H]1C3. The monoisotopic (exact) mass is 374 g/mol. The summed E-state index contributed by atoms with van der Waals surface area (Å²) in [5, 5.41) is 6.80. The Labute approximate surface area is 152 Å². The zero-order chi connectivity index (χ0) is 18.7. The van der Waals surface area contributed by atoms with Crippen LogP contribution in [0.2, 0.25) is 0 Å². The van der Waals surface area contributed by atoms with Crippen molar-refractivity contribution in [3.63, 3.8) is 0 Å². The van der Waals surface area contributed by atoms with Gasteiger partial charge in [0.05, 0.1) is 18.3 Å². The molecule has 0 bridgehead atoms. The van der Waals surface area contributed by atoms with Crippen molar-refractivity contribution in [2.24, 2.45) is 0 Å². The molecular formula is C17H15FN4O5. The average Bonchev–Trinajstić information content (AvgIpc) is 3.34. The lowest BCUT2D eigenvalue weighted by molar-refractivity contribution is -0.121. The first kappa shape index (κ1) is 15.9. The molecule has 3 aliphatic rings. The number of cyclic esters (lactones) is 1. The van der Waals surface area contributed by atoms with Crippen molar-refractivity contribution in [1.82, 2.24) is 5.16 Å². The number of aromatic nitrogens is 1. The number of benzene rings is 1. The first-order valence-electron chi connectivity index (χ1n) is 8.43. The molecule has 2 amide bonds. The second-order valence-electron chi connectivity index (χ2n) is 6.60. The Bertz CT molecular complexity index is 947. The molecule has 2 aromatic rings. The fourth-order valence-corrected chi connectivity index (χ4v) is 3.84. The Hall–Kier alpha value is -3.30. The molecule has 1 saturated heterocycles. The number of amides is 2. The lowest BCUT2D eigenvalue weighted by Gasteiger charge is -2.28. The molecule has 1 fully saturated rings. The number of ether oxygens (including phenoxy) is 2. The van der Waals surface area contributed by atoms with Crippen LogP contribution in [0, 0.1) is 5.82 Å². The Morgan fingerprint density at radius 2 is 2.26 bits per heavy atom. The third kappa shape index (κ3) is 2.25. The highest BCUT2D eigenvalue weighted by Gasteiger charge is 2.50. The molecule has 140 valence electrons. The zero-order valence-corrected chi connectivity index (χ0v) is 14.3. The van der Waals surface area contributed by atoms with Crippen molar-refractivity contribution in [2.75, 3.05) is 35.3 Å². The lowest BCUT2D eigenvalue weighted by atomic mass is 10.0. The maximum Gasteiger partial charge on any atom is 0.415 e. The standard InChI is InChI=1S/C17H15FN4O5/c1-21-14(23)7-25-16-8-4-11-12(6-19-13-2-3-26-20-13)27-17(24)22(11)10(8)5-9(18)15(16)21/h2-3,5,11-12H,4,6-7H2,1H3,(H,19,20)/t11-,12?/m0/s1. The van der Waals surface area contributed by atoms with Gasteiger partial charge in [-0.15, -0.1) is 0 Å². The van der Waals surface area contributed by atoms with Gasteiger partial charge in [-0.2, -0.15) is 0 Å². The fraction of sp³-hybridized carbons (Fsp3) is 0.353. The average molecular weight is 374 g/mol. The molecule has 0 aliphatic carbocycles. The number of carbonyl (C=O) groups excluding carboxylic acids is 2. The van der Waals surface area contributed by atoms with Crippen LogP contribution < -0.4 is 19.9 Å². The largest absolute Gasteiger partial charge is 0.481 e. The summed E-state index contributed by atoms with van der Waals surface area (Å²) < 4.78 is 30.4. The first-order valence-corrected chi connectivity index (χ1v) is 8.43. The van der Waals surface area contributed by atoms with Crippen LogP contribution in [-0.2, 0) is 16.0 Å². The fourth-order valence-electron chi connectivity index (χ4n) is 3.84. The predicted octanol–water partition coefficient (Wildman–Crippen LogP) is 1.53. The molecule has 9 nitrogen and oxygen atoms in total. The van der Waals surface area contributed by atoms with Crippen LogP contribution in [0.5, 0.6) is 5.75 Å². The Balaban J connectivity index is 1.48. The Morgan fingerprint density at radius 3 is 3.04 bits per heavy atom. The topological polar surface area (TPSA) is 97.1 Å². The molecule has 0 saturated carbocycles. The molecule has 4 heterocycles. The van der Waals surface area contributed by atoms with Gasteiger partial charge < -0.3 is 24.2 Å². The molecule has 1 unspecified atom stereocenters. The van der Waals surface area contributed by atoms with Gasteiger partial charge >= 0.3 is 6.09 Å². The van der Waals surface area contributed by atoms with Crippen LogP contribution in [0.3, 0.4) is 0 Å². The van der Waals surface area contributed by atoms with E-state index in [2.05, 4.69) is 10.5 Å². The molecule has 0 spiro atoms. The van der Waals surface area contributed by atoms with Gasteiger partial charge in [-0.05, 0) is 0 Å². The maximum absolute atomic E-state index is 14.7. The van der Waals surface area contributed by atoms with E-state index in [9.17, 15) is 14.0 Å². The van der Waals surface area contributed by atoms with Gasteiger partial charge in [0, 0.05) is 31.2 Å². The maximum atomic E-state index is 14.7. The van der Waals surface area contributed by atoms with E-state index < -0.39 is 18.0 Å². The van der Waals surface area contributed by atoms with Gasteiger partial charge in [-0.3, -0.25) is 9.69 Å². The van der Waals surface area contributed by atoms with Crippen molar-refractivity contribution < 1.29 is 28.0 Å². The smallest absolute Gasteiger partial charge is 0.415 e. The van der Waals surface area contributed by atoms with E-state index >= 15 is 0 Å². The molecule has 10 heteroatoms.